The van der Waals surface area contributed by atoms with Crippen LogP contribution < -0.4 is 10.2 Å². The van der Waals surface area contributed by atoms with Crippen molar-refractivity contribution in [1.82, 2.24) is 4.90 Å². The molecule has 0 radical (unpaired) electrons. The highest BCUT2D eigenvalue weighted by Crippen LogP contribution is 2.21. The maximum Gasteiger partial charge on any atom is 0.282 e. The molecule has 1 aromatic carbocycles. The lowest BCUT2D eigenvalue weighted by molar-refractivity contribution is -0.886. The summed E-state index contributed by atoms with van der Waals surface area (Å²) in [7, 11) is 1.89. The molecule has 0 saturated carbocycles. The summed E-state index contributed by atoms with van der Waals surface area (Å²) in [5, 5.41) is 3.03. The van der Waals surface area contributed by atoms with E-state index in [1.807, 2.05) is 39.6 Å². The van der Waals surface area contributed by atoms with Crippen LogP contribution in [0.3, 0.4) is 0 Å². The summed E-state index contributed by atoms with van der Waals surface area (Å²) in [5.41, 5.74) is 4.16. The zero-order valence-electron chi connectivity index (χ0n) is 15.9. The molecule has 0 bridgehead atoms. The van der Waals surface area contributed by atoms with Gasteiger partial charge in [-0.2, -0.15) is 0 Å². The molecule has 0 spiro atoms. The van der Waals surface area contributed by atoms with E-state index in [1.165, 1.54) is 5.56 Å². The number of quaternary nitrogens is 1. The van der Waals surface area contributed by atoms with Gasteiger partial charge in [-0.05, 0) is 38.8 Å². The monoisotopic (exact) mass is 348 g/mol. The van der Waals surface area contributed by atoms with Crippen LogP contribution in [0.1, 0.15) is 23.6 Å². The molecule has 1 aliphatic heterocycles. The Bertz CT molecular complexity index is 616. The molecule has 0 aliphatic carbocycles. The molecular formula is C19H30N3O3+. The zero-order chi connectivity index (χ0) is 18.6. The fraction of sp³-hybridized carbons (Fsp3) is 0.579. The number of morpholine rings is 1. The minimum Gasteiger partial charge on any atom is -0.378 e. The molecule has 1 aromatic rings. The smallest absolute Gasteiger partial charge is 0.282 e. The van der Waals surface area contributed by atoms with Crippen LogP contribution in [0.4, 0.5) is 5.69 Å². The van der Waals surface area contributed by atoms with Gasteiger partial charge in [-0.3, -0.25) is 9.59 Å². The summed E-state index contributed by atoms with van der Waals surface area (Å²) < 4.78 is 5.27. The molecule has 2 N–H and O–H groups in total. The lowest BCUT2D eigenvalue weighted by Gasteiger charge is -2.29. The van der Waals surface area contributed by atoms with Crippen molar-refractivity contribution in [3.8, 4) is 0 Å². The standard InChI is InChI=1S/C19H29N3O3/c1-13-10-14(2)18(15(3)11-13)20-19(24)16(4)21(5)12-17(23)22-6-8-25-9-7-22/h10-11,16H,6-9,12H2,1-5H3,(H,20,24)/p+1/t16-/m0/s1. The fourth-order valence-corrected chi connectivity index (χ4v) is 3.15. The zero-order valence-corrected chi connectivity index (χ0v) is 15.9. The first-order chi connectivity index (χ1) is 11.8. The second-order valence-corrected chi connectivity index (χ2v) is 7.00. The van der Waals surface area contributed by atoms with Gasteiger partial charge in [-0.15, -0.1) is 0 Å². The van der Waals surface area contributed by atoms with E-state index in [2.05, 4.69) is 17.4 Å². The number of aryl methyl sites for hydroxylation is 3. The van der Waals surface area contributed by atoms with Crippen molar-refractivity contribution < 1.29 is 19.2 Å². The van der Waals surface area contributed by atoms with Crippen LogP contribution in [0.5, 0.6) is 0 Å². The number of nitrogens with zero attached hydrogens (tertiary/aromatic N) is 1. The minimum atomic E-state index is -0.315. The van der Waals surface area contributed by atoms with Gasteiger partial charge in [0.15, 0.2) is 12.6 Å². The van der Waals surface area contributed by atoms with E-state index in [9.17, 15) is 9.59 Å². The molecule has 1 saturated heterocycles. The van der Waals surface area contributed by atoms with E-state index >= 15 is 0 Å². The van der Waals surface area contributed by atoms with Crippen molar-refractivity contribution in [3.63, 3.8) is 0 Å². The van der Waals surface area contributed by atoms with Crippen molar-refractivity contribution in [2.24, 2.45) is 0 Å². The normalized spacial score (nSPS) is 17.1. The quantitative estimate of drug-likeness (QED) is 0.805. The van der Waals surface area contributed by atoms with Crippen LogP contribution in [0.25, 0.3) is 0 Å². The number of carbonyl (C=O) groups excluding carboxylic acids is 2. The van der Waals surface area contributed by atoms with E-state index in [0.29, 0.717) is 32.8 Å². The SMILES string of the molecule is Cc1cc(C)c(NC(=O)[C@H](C)[NH+](C)CC(=O)N2CCOCC2)c(C)c1. The van der Waals surface area contributed by atoms with Gasteiger partial charge in [-0.25, -0.2) is 0 Å². The molecule has 1 heterocycles. The lowest BCUT2D eigenvalue weighted by atomic mass is 10.0. The van der Waals surface area contributed by atoms with Crippen LogP contribution in [0.2, 0.25) is 0 Å². The Morgan fingerprint density at radius 1 is 1.20 bits per heavy atom. The predicted octanol–water partition coefficient (Wildman–Crippen LogP) is 0.312. The Hall–Kier alpha value is -1.92. The lowest BCUT2D eigenvalue weighted by Crippen LogP contribution is -3.15. The number of ether oxygens (including phenoxy) is 1. The average Bonchev–Trinajstić information content (AvgIpc) is 2.57. The van der Waals surface area contributed by atoms with E-state index in [1.54, 1.807) is 0 Å². The van der Waals surface area contributed by atoms with Crippen molar-refractivity contribution in [2.45, 2.75) is 33.7 Å². The Morgan fingerprint density at radius 3 is 2.32 bits per heavy atom. The predicted molar refractivity (Wildman–Crippen MR) is 97.9 cm³/mol. The van der Waals surface area contributed by atoms with E-state index in [-0.39, 0.29) is 17.9 Å². The first-order valence-electron chi connectivity index (χ1n) is 8.86. The first kappa shape index (κ1) is 19.4. The number of hydrogen-bond acceptors (Lipinski definition) is 3. The van der Waals surface area contributed by atoms with Crippen LogP contribution >= 0.6 is 0 Å². The second-order valence-electron chi connectivity index (χ2n) is 7.00. The molecule has 6 nitrogen and oxygen atoms in total. The van der Waals surface area contributed by atoms with Gasteiger partial charge in [0.2, 0.25) is 0 Å². The molecular weight excluding hydrogens is 318 g/mol. The summed E-state index contributed by atoms with van der Waals surface area (Å²) in [5.74, 6) is 0.00507. The molecule has 1 fully saturated rings. The third-order valence-corrected chi connectivity index (χ3v) is 4.85. The summed E-state index contributed by atoms with van der Waals surface area (Å²) >= 11 is 0. The highest BCUT2D eigenvalue weighted by molar-refractivity contribution is 5.95. The van der Waals surface area contributed by atoms with Crippen molar-refractivity contribution in [3.05, 3.63) is 28.8 Å². The molecule has 2 atom stereocenters. The second kappa shape index (κ2) is 8.45. The molecule has 6 heteroatoms. The highest BCUT2D eigenvalue weighted by atomic mass is 16.5. The Balaban J connectivity index is 1.96. The van der Waals surface area contributed by atoms with E-state index < -0.39 is 0 Å². The number of hydrogen-bond donors (Lipinski definition) is 2. The van der Waals surface area contributed by atoms with Gasteiger partial charge < -0.3 is 19.9 Å². The van der Waals surface area contributed by atoms with Crippen LogP contribution in [0.15, 0.2) is 12.1 Å². The van der Waals surface area contributed by atoms with Crippen molar-refractivity contribution in [2.75, 3.05) is 45.2 Å². The van der Waals surface area contributed by atoms with E-state index in [4.69, 9.17) is 4.74 Å². The molecule has 2 amide bonds. The summed E-state index contributed by atoms with van der Waals surface area (Å²) in [6, 6.07) is 3.81. The Labute approximate surface area is 150 Å². The number of benzene rings is 1. The largest absolute Gasteiger partial charge is 0.378 e. The number of carbonyl (C=O) groups is 2. The van der Waals surface area contributed by atoms with Crippen molar-refractivity contribution >= 4 is 17.5 Å². The molecule has 25 heavy (non-hydrogen) atoms. The van der Waals surface area contributed by atoms with Gasteiger partial charge >= 0.3 is 0 Å². The maximum absolute atomic E-state index is 12.6. The fourth-order valence-electron chi connectivity index (χ4n) is 3.15. The third kappa shape index (κ3) is 5.03. The molecule has 138 valence electrons. The van der Waals surface area contributed by atoms with Gasteiger partial charge in [0.05, 0.1) is 20.3 Å². The van der Waals surface area contributed by atoms with Gasteiger partial charge in [-0.1, -0.05) is 17.7 Å². The number of anilines is 1. The van der Waals surface area contributed by atoms with Crippen LogP contribution in [0, 0.1) is 20.8 Å². The molecule has 2 rings (SSSR count). The minimum absolute atomic E-state index is 0.0673. The van der Waals surface area contributed by atoms with Crippen LogP contribution in [-0.2, 0) is 14.3 Å². The van der Waals surface area contributed by atoms with E-state index in [0.717, 1.165) is 21.7 Å². The number of nitrogens with one attached hydrogen (secondary N) is 2. The Morgan fingerprint density at radius 2 is 1.76 bits per heavy atom. The van der Waals surface area contributed by atoms with Crippen molar-refractivity contribution in [1.29, 1.82) is 0 Å². The molecule has 1 aliphatic rings. The number of likely N-dealkylation sites (N-methyl/N-ethyl adjacent to an activating group) is 1. The summed E-state index contributed by atoms with van der Waals surface area (Å²) in [6.07, 6.45) is 0. The maximum atomic E-state index is 12.6. The molecule has 1 unspecified atom stereocenters. The first-order valence-corrected chi connectivity index (χ1v) is 8.86. The third-order valence-electron chi connectivity index (χ3n) is 4.85. The topological polar surface area (TPSA) is 63.1 Å². The summed E-state index contributed by atoms with van der Waals surface area (Å²) in [4.78, 5) is 27.7. The molecule has 0 aromatic heterocycles. The average molecular weight is 348 g/mol. The van der Waals surface area contributed by atoms with Crippen LogP contribution in [-0.4, -0.2) is 62.7 Å². The van der Waals surface area contributed by atoms with Gasteiger partial charge in [0, 0.05) is 18.8 Å². The van der Waals surface area contributed by atoms with Gasteiger partial charge in [0.25, 0.3) is 11.8 Å². The summed E-state index contributed by atoms with van der Waals surface area (Å²) in [6.45, 7) is 10.7. The Kier molecular flexibility index (Phi) is 6.56. The van der Waals surface area contributed by atoms with Gasteiger partial charge in [0.1, 0.15) is 0 Å². The highest BCUT2D eigenvalue weighted by Gasteiger charge is 2.27. The number of rotatable bonds is 5. The number of amides is 2.